The second-order valence-corrected chi connectivity index (χ2v) is 7.80. The summed E-state index contributed by atoms with van der Waals surface area (Å²) in [4.78, 5) is 2.35. The number of anilines is 2. The number of hydrogen-bond donors (Lipinski definition) is 1. The van der Waals surface area contributed by atoms with E-state index in [-0.39, 0.29) is 0 Å². The van der Waals surface area contributed by atoms with Crippen molar-refractivity contribution in [2.75, 3.05) is 37.5 Å². The molecule has 2 aliphatic rings. The van der Waals surface area contributed by atoms with Gasteiger partial charge in [-0.1, -0.05) is 0 Å². The molecule has 0 bridgehead atoms. The fraction of sp³-hybridized carbons (Fsp3) is 0.476. The van der Waals surface area contributed by atoms with E-state index in [0.29, 0.717) is 12.0 Å². The van der Waals surface area contributed by atoms with Crippen LogP contribution in [0.2, 0.25) is 0 Å². The van der Waals surface area contributed by atoms with Crippen LogP contribution in [-0.2, 0) is 0 Å². The van der Waals surface area contributed by atoms with Crippen molar-refractivity contribution >= 4 is 17.2 Å². The van der Waals surface area contributed by atoms with E-state index in [2.05, 4.69) is 26.5 Å². The third kappa shape index (κ3) is 3.66. The van der Waals surface area contributed by atoms with Gasteiger partial charge in [0.25, 0.3) is 0 Å². The maximum atomic E-state index is 5.37. The molecule has 29 heavy (non-hydrogen) atoms. The number of ether oxygens (including phenoxy) is 2. The lowest BCUT2D eigenvalue weighted by atomic mass is 10.0. The van der Waals surface area contributed by atoms with Gasteiger partial charge in [-0.3, -0.25) is 0 Å². The highest BCUT2D eigenvalue weighted by Gasteiger charge is 2.29. The Balaban J connectivity index is 1.26. The number of rotatable bonds is 6. The third-order valence-electron chi connectivity index (χ3n) is 5.76. The van der Waals surface area contributed by atoms with Gasteiger partial charge in [0.05, 0.1) is 14.2 Å². The number of methoxy groups -OCH3 is 2. The van der Waals surface area contributed by atoms with Crippen LogP contribution in [0.15, 0.2) is 30.3 Å². The Morgan fingerprint density at radius 2 is 1.66 bits per heavy atom. The third-order valence-corrected chi connectivity index (χ3v) is 5.76. The average Bonchev–Trinajstić information content (AvgIpc) is 3.52. The van der Waals surface area contributed by atoms with E-state index < -0.39 is 0 Å². The Morgan fingerprint density at radius 3 is 2.31 bits per heavy atom. The van der Waals surface area contributed by atoms with E-state index in [0.717, 1.165) is 60.4 Å². The first-order chi connectivity index (χ1) is 14.2. The molecular formula is C21H26N6O2. The molecule has 1 aromatic carbocycles. The number of nitrogens with zero attached hydrogens (tertiary/aromatic N) is 5. The molecule has 0 spiro atoms. The van der Waals surface area contributed by atoms with Gasteiger partial charge in [0.1, 0.15) is 17.3 Å². The van der Waals surface area contributed by atoms with Gasteiger partial charge in [-0.25, -0.2) is 0 Å². The van der Waals surface area contributed by atoms with E-state index in [1.54, 1.807) is 14.2 Å². The first kappa shape index (κ1) is 18.0. The molecule has 3 aromatic rings. The van der Waals surface area contributed by atoms with Gasteiger partial charge in [-0.05, 0) is 37.8 Å². The Labute approximate surface area is 169 Å². The minimum absolute atomic E-state index is 0.406. The predicted molar refractivity (Wildman–Crippen MR) is 111 cm³/mol. The largest absolute Gasteiger partial charge is 0.497 e. The smallest absolute Gasteiger partial charge is 0.178 e. The summed E-state index contributed by atoms with van der Waals surface area (Å²) >= 11 is 0. The van der Waals surface area contributed by atoms with Gasteiger partial charge in [0.15, 0.2) is 11.5 Å². The number of piperidine rings is 1. The molecular weight excluding hydrogens is 368 g/mol. The molecule has 0 unspecified atom stereocenters. The molecule has 1 aliphatic carbocycles. The highest BCUT2D eigenvalue weighted by Crippen LogP contribution is 2.38. The van der Waals surface area contributed by atoms with Crippen LogP contribution in [0.4, 0.5) is 11.5 Å². The van der Waals surface area contributed by atoms with Crippen LogP contribution in [0, 0.1) is 0 Å². The Kier molecular flexibility index (Phi) is 4.61. The lowest BCUT2D eigenvalue weighted by molar-refractivity contribution is 0.394. The van der Waals surface area contributed by atoms with Gasteiger partial charge in [0.2, 0.25) is 0 Å². The molecule has 2 aromatic heterocycles. The minimum Gasteiger partial charge on any atom is -0.497 e. The molecule has 1 saturated heterocycles. The minimum atomic E-state index is 0.406. The monoisotopic (exact) mass is 394 g/mol. The zero-order valence-corrected chi connectivity index (χ0v) is 16.8. The van der Waals surface area contributed by atoms with E-state index in [4.69, 9.17) is 14.6 Å². The van der Waals surface area contributed by atoms with E-state index >= 15 is 0 Å². The maximum Gasteiger partial charge on any atom is 0.178 e. The van der Waals surface area contributed by atoms with Crippen LogP contribution in [0.5, 0.6) is 11.5 Å². The number of fused-ring (bicyclic) bond motifs is 1. The molecule has 1 saturated carbocycles. The molecule has 8 nitrogen and oxygen atoms in total. The van der Waals surface area contributed by atoms with Crippen molar-refractivity contribution < 1.29 is 9.47 Å². The Morgan fingerprint density at radius 1 is 0.931 bits per heavy atom. The highest BCUT2D eigenvalue weighted by atomic mass is 16.5. The summed E-state index contributed by atoms with van der Waals surface area (Å²) in [5, 5.41) is 17.1. The van der Waals surface area contributed by atoms with Gasteiger partial charge in [-0.15, -0.1) is 15.3 Å². The molecule has 0 atom stereocenters. The summed E-state index contributed by atoms with van der Waals surface area (Å²) in [6.07, 6.45) is 4.46. The number of nitrogens with one attached hydrogen (secondary N) is 1. The average molecular weight is 394 g/mol. The van der Waals surface area contributed by atoms with Crippen LogP contribution in [-0.4, -0.2) is 53.2 Å². The van der Waals surface area contributed by atoms with Crippen LogP contribution in [0.25, 0.3) is 5.65 Å². The quantitative estimate of drug-likeness (QED) is 0.688. The second-order valence-electron chi connectivity index (χ2n) is 7.80. The molecule has 152 valence electrons. The van der Waals surface area contributed by atoms with Crippen LogP contribution in [0.1, 0.15) is 37.4 Å². The molecule has 3 heterocycles. The van der Waals surface area contributed by atoms with Crippen molar-refractivity contribution in [3.63, 3.8) is 0 Å². The van der Waals surface area contributed by atoms with E-state index in [1.807, 2.05) is 28.8 Å². The summed E-state index contributed by atoms with van der Waals surface area (Å²) in [6.45, 7) is 1.91. The van der Waals surface area contributed by atoms with E-state index in [1.165, 1.54) is 12.8 Å². The van der Waals surface area contributed by atoms with Gasteiger partial charge in [-0.2, -0.15) is 4.52 Å². The molecule has 1 aliphatic heterocycles. The van der Waals surface area contributed by atoms with Crippen molar-refractivity contribution in [2.45, 2.75) is 37.6 Å². The second kappa shape index (κ2) is 7.42. The molecule has 5 rings (SSSR count). The van der Waals surface area contributed by atoms with Crippen molar-refractivity contribution in [3.8, 4) is 11.5 Å². The van der Waals surface area contributed by atoms with Crippen molar-refractivity contribution in [2.24, 2.45) is 0 Å². The zero-order valence-electron chi connectivity index (χ0n) is 16.8. The van der Waals surface area contributed by atoms with Crippen molar-refractivity contribution in [1.82, 2.24) is 19.8 Å². The fourth-order valence-corrected chi connectivity index (χ4v) is 3.94. The molecule has 1 N–H and O–H groups in total. The highest BCUT2D eigenvalue weighted by molar-refractivity contribution is 5.54. The van der Waals surface area contributed by atoms with Crippen molar-refractivity contribution in [1.29, 1.82) is 0 Å². The van der Waals surface area contributed by atoms with Crippen LogP contribution < -0.4 is 19.7 Å². The normalized spacial score (nSPS) is 17.5. The molecule has 0 amide bonds. The predicted octanol–water partition coefficient (Wildman–Crippen LogP) is 3.10. The molecule has 8 heteroatoms. The number of hydrogen-bond acceptors (Lipinski definition) is 7. The van der Waals surface area contributed by atoms with Gasteiger partial charge >= 0.3 is 0 Å². The van der Waals surface area contributed by atoms with Gasteiger partial charge in [0, 0.05) is 48.9 Å². The SMILES string of the molecule is COc1cc(NC2CCN(c3ccc4nnc(C5CC5)n4n3)CC2)cc(OC)c1. The topological polar surface area (TPSA) is 76.8 Å². The molecule has 2 fully saturated rings. The first-order valence-electron chi connectivity index (χ1n) is 10.2. The first-order valence-corrected chi connectivity index (χ1v) is 10.2. The summed E-state index contributed by atoms with van der Waals surface area (Å²) < 4.78 is 12.7. The summed E-state index contributed by atoms with van der Waals surface area (Å²) in [5.41, 5.74) is 1.86. The lowest BCUT2D eigenvalue weighted by Crippen LogP contribution is -2.39. The standard InChI is InChI=1S/C21H26N6O2/c1-28-17-11-16(12-18(13-17)29-2)22-15-7-9-26(10-8-15)20-6-5-19-23-24-21(14-3-4-14)27(19)25-20/h5-6,11-15,22H,3-4,7-10H2,1-2H3. The number of benzene rings is 1. The summed E-state index contributed by atoms with van der Waals surface area (Å²) in [6, 6.07) is 10.4. The van der Waals surface area contributed by atoms with Crippen LogP contribution in [0.3, 0.4) is 0 Å². The Hall–Kier alpha value is -3.03. The number of aromatic nitrogens is 4. The van der Waals surface area contributed by atoms with Gasteiger partial charge < -0.3 is 19.7 Å². The molecule has 0 radical (unpaired) electrons. The van der Waals surface area contributed by atoms with Crippen LogP contribution >= 0.6 is 0 Å². The summed E-state index contributed by atoms with van der Waals surface area (Å²) in [5.74, 6) is 4.12. The van der Waals surface area contributed by atoms with E-state index in [9.17, 15) is 0 Å². The summed E-state index contributed by atoms with van der Waals surface area (Å²) in [7, 11) is 3.34. The Bertz CT molecular complexity index is 985. The maximum absolute atomic E-state index is 5.37. The van der Waals surface area contributed by atoms with Crippen molar-refractivity contribution in [3.05, 3.63) is 36.2 Å². The zero-order chi connectivity index (χ0) is 19.8. The fourth-order valence-electron chi connectivity index (χ4n) is 3.94. The lowest BCUT2D eigenvalue weighted by Gasteiger charge is -2.33.